The van der Waals surface area contributed by atoms with E-state index < -0.39 is 0 Å². The van der Waals surface area contributed by atoms with Gasteiger partial charge in [0.05, 0.1) is 18.4 Å². The van der Waals surface area contributed by atoms with E-state index in [9.17, 15) is 4.39 Å². The molecule has 0 spiro atoms. The Hall–Kier alpha value is -3.75. The Bertz CT molecular complexity index is 1410. The van der Waals surface area contributed by atoms with Gasteiger partial charge in [-0.15, -0.1) is 0 Å². The molecule has 2 aliphatic heterocycles. The second-order valence-corrected chi connectivity index (χ2v) is 10.3. The van der Waals surface area contributed by atoms with Gasteiger partial charge in [0.1, 0.15) is 12.5 Å². The number of allylic oxidation sites excluding steroid dienone is 3. The zero-order valence-corrected chi connectivity index (χ0v) is 23.0. The first-order valence-corrected chi connectivity index (χ1v) is 13.6. The Morgan fingerprint density at radius 2 is 1.85 bits per heavy atom. The number of rotatable bonds is 9. The van der Waals surface area contributed by atoms with Crippen LogP contribution in [0.2, 0.25) is 0 Å². The minimum absolute atomic E-state index is 0.330. The van der Waals surface area contributed by atoms with Gasteiger partial charge in [-0.05, 0) is 48.7 Å². The topological polar surface area (TPSA) is 52.5 Å². The number of anilines is 1. The first-order valence-electron chi connectivity index (χ1n) is 13.6. The lowest BCUT2D eigenvalue weighted by Gasteiger charge is -2.34. The molecule has 0 amide bonds. The van der Waals surface area contributed by atoms with Gasteiger partial charge in [-0.3, -0.25) is 9.58 Å². The van der Waals surface area contributed by atoms with E-state index in [1.807, 2.05) is 30.1 Å². The van der Waals surface area contributed by atoms with Crippen molar-refractivity contribution in [1.29, 1.82) is 0 Å². The lowest BCUT2D eigenvalue weighted by Crippen LogP contribution is -2.43. The number of fused-ring (bicyclic) bond motifs is 2. The van der Waals surface area contributed by atoms with Crippen molar-refractivity contribution < 1.29 is 4.39 Å². The number of hydrogen-bond acceptors (Lipinski definition) is 6. The fourth-order valence-corrected chi connectivity index (χ4v) is 5.21. The lowest BCUT2D eigenvalue weighted by atomic mass is 10.0. The summed E-state index contributed by atoms with van der Waals surface area (Å²) >= 11 is 0. The molecule has 1 aromatic carbocycles. The summed E-state index contributed by atoms with van der Waals surface area (Å²) in [5, 5.41) is 10.1. The van der Waals surface area contributed by atoms with Crippen molar-refractivity contribution in [3.63, 3.8) is 0 Å². The summed E-state index contributed by atoms with van der Waals surface area (Å²) in [6.45, 7) is 17.1. The van der Waals surface area contributed by atoms with Crippen LogP contribution in [-0.4, -0.2) is 82.5 Å². The summed E-state index contributed by atoms with van der Waals surface area (Å²) in [6, 6.07) is 8.42. The van der Waals surface area contributed by atoms with Crippen molar-refractivity contribution in [1.82, 2.24) is 29.5 Å². The average molecular weight is 528 g/mol. The van der Waals surface area contributed by atoms with Gasteiger partial charge in [-0.1, -0.05) is 37.4 Å². The molecule has 39 heavy (non-hydrogen) atoms. The van der Waals surface area contributed by atoms with Gasteiger partial charge in [0.25, 0.3) is 0 Å². The molecule has 8 heteroatoms. The van der Waals surface area contributed by atoms with E-state index in [4.69, 9.17) is 0 Å². The van der Waals surface area contributed by atoms with E-state index >= 15 is 0 Å². The van der Waals surface area contributed by atoms with Crippen molar-refractivity contribution in [2.75, 3.05) is 58.3 Å². The highest BCUT2D eigenvalue weighted by Gasteiger charge is 2.21. The molecule has 0 aliphatic carbocycles. The molecule has 1 N–H and O–H groups in total. The maximum atomic E-state index is 12.9. The Morgan fingerprint density at radius 1 is 1.03 bits per heavy atom. The number of nitrogens with zero attached hydrogens (tertiary/aromatic N) is 6. The Labute approximate surface area is 230 Å². The first-order chi connectivity index (χ1) is 18.9. The normalized spacial score (nSPS) is 17.1. The molecule has 0 atom stereocenters. The van der Waals surface area contributed by atoms with E-state index in [1.54, 1.807) is 0 Å². The van der Waals surface area contributed by atoms with Crippen molar-refractivity contribution in [2.45, 2.75) is 20.0 Å². The van der Waals surface area contributed by atoms with Gasteiger partial charge >= 0.3 is 0 Å². The van der Waals surface area contributed by atoms with Gasteiger partial charge in [0.15, 0.2) is 0 Å². The number of halogens is 1. The third-order valence-electron chi connectivity index (χ3n) is 7.69. The molecule has 1 saturated heterocycles. The van der Waals surface area contributed by atoms with Crippen LogP contribution in [-0.2, 0) is 13.1 Å². The molecule has 0 radical (unpaired) electrons. The summed E-state index contributed by atoms with van der Waals surface area (Å²) in [5.74, 6) is 0.737. The molecule has 5 rings (SSSR count). The van der Waals surface area contributed by atoms with Gasteiger partial charge in [-0.25, -0.2) is 9.37 Å². The second-order valence-electron chi connectivity index (χ2n) is 10.3. The molecule has 1 fully saturated rings. The molecule has 0 unspecified atom stereocenters. The first kappa shape index (κ1) is 26.8. The van der Waals surface area contributed by atoms with Crippen LogP contribution >= 0.6 is 0 Å². The van der Waals surface area contributed by atoms with Crippen LogP contribution in [0.25, 0.3) is 21.9 Å². The number of aromatic nitrogens is 3. The summed E-state index contributed by atoms with van der Waals surface area (Å²) in [4.78, 5) is 11.4. The molecule has 7 nitrogen and oxygen atoms in total. The summed E-state index contributed by atoms with van der Waals surface area (Å²) in [6.07, 6.45) is 9.97. The molecule has 0 bridgehead atoms. The second kappa shape index (κ2) is 12.0. The summed E-state index contributed by atoms with van der Waals surface area (Å²) in [7, 11) is 2.15. The molecule has 2 aliphatic rings. The zero-order chi connectivity index (χ0) is 27.4. The van der Waals surface area contributed by atoms with Crippen LogP contribution in [0, 0.1) is 0 Å². The van der Waals surface area contributed by atoms with Gasteiger partial charge in [0, 0.05) is 74.4 Å². The molecular formula is C31H38FN7. The van der Waals surface area contributed by atoms with Crippen molar-refractivity contribution in [3.8, 4) is 11.1 Å². The third kappa shape index (κ3) is 6.13. The van der Waals surface area contributed by atoms with Crippen LogP contribution in [0.3, 0.4) is 0 Å². The molecule has 2 aromatic heterocycles. The number of benzene rings is 1. The zero-order valence-electron chi connectivity index (χ0n) is 23.0. The molecule has 204 valence electrons. The Morgan fingerprint density at radius 3 is 2.62 bits per heavy atom. The highest BCUT2D eigenvalue weighted by atomic mass is 19.1. The Balaban J connectivity index is 1.30. The van der Waals surface area contributed by atoms with Crippen LogP contribution in [0.4, 0.5) is 10.2 Å². The lowest BCUT2D eigenvalue weighted by molar-refractivity contribution is 0.190. The van der Waals surface area contributed by atoms with E-state index in [-0.39, 0.29) is 6.67 Å². The fourth-order valence-electron chi connectivity index (χ4n) is 5.21. The number of pyridine rings is 1. The maximum Gasteiger partial charge on any atom is 0.130 e. The van der Waals surface area contributed by atoms with Crippen LogP contribution < -0.4 is 5.32 Å². The largest absolute Gasteiger partial charge is 0.369 e. The number of piperazine rings is 1. The summed E-state index contributed by atoms with van der Waals surface area (Å²) in [5.41, 5.74) is 6.12. The molecular weight excluding hydrogens is 489 g/mol. The monoisotopic (exact) mass is 527 g/mol. The van der Waals surface area contributed by atoms with Gasteiger partial charge < -0.3 is 15.1 Å². The number of alkyl halides is 1. The fraction of sp³-hybridized carbons (Fsp3) is 0.355. The predicted molar refractivity (Wildman–Crippen MR) is 158 cm³/mol. The minimum atomic E-state index is -0.330. The van der Waals surface area contributed by atoms with E-state index in [0.29, 0.717) is 13.1 Å². The highest BCUT2D eigenvalue weighted by molar-refractivity contribution is 5.89. The van der Waals surface area contributed by atoms with Gasteiger partial charge in [0.2, 0.25) is 0 Å². The van der Waals surface area contributed by atoms with E-state index in [1.165, 1.54) is 0 Å². The van der Waals surface area contributed by atoms with Crippen LogP contribution in [0.1, 0.15) is 12.6 Å². The summed E-state index contributed by atoms with van der Waals surface area (Å²) < 4.78 is 15.0. The van der Waals surface area contributed by atoms with Crippen molar-refractivity contribution in [3.05, 3.63) is 90.7 Å². The SMILES string of the molecule is C=C(Nc1cc2cc(-c3cnn4c3CN(CCF)CC4)ccc2cn1)C(/C=C\C(=C)N1CCN(C)CC1)=C/C. The molecule has 3 aromatic rings. The quantitative estimate of drug-likeness (QED) is 0.392. The average Bonchev–Trinajstić information content (AvgIpc) is 3.37. The standard InChI is InChI=1S/C31H38FN7/c1-5-25(7-6-23(2)38-15-12-36(4)13-16-38)24(3)35-31-19-28-18-26(8-9-27(28)20-33-31)29-21-34-39-17-14-37(11-10-32)22-30(29)39/h5-9,18-21H,2-3,10-17,22H2,1,4H3,(H,33,35)/b7-6-,25-5+. The smallest absolute Gasteiger partial charge is 0.130 e. The maximum absolute atomic E-state index is 12.9. The highest BCUT2D eigenvalue weighted by Crippen LogP contribution is 2.30. The molecule has 0 saturated carbocycles. The van der Waals surface area contributed by atoms with Crippen molar-refractivity contribution in [2.24, 2.45) is 0 Å². The Kier molecular flexibility index (Phi) is 8.24. The van der Waals surface area contributed by atoms with Crippen LogP contribution in [0.15, 0.2) is 85.0 Å². The number of hydrogen-bond donors (Lipinski definition) is 1. The van der Waals surface area contributed by atoms with Crippen molar-refractivity contribution >= 4 is 16.6 Å². The van der Waals surface area contributed by atoms with E-state index in [0.717, 1.165) is 89.6 Å². The number of likely N-dealkylation sites (N-methyl/N-ethyl adjacent to an activating group) is 1. The number of nitrogens with one attached hydrogen (secondary N) is 1. The van der Waals surface area contributed by atoms with Gasteiger partial charge in [-0.2, -0.15) is 5.10 Å². The minimum Gasteiger partial charge on any atom is -0.369 e. The molecule has 4 heterocycles. The van der Waals surface area contributed by atoms with Crippen LogP contribution in [0.5, 0.6) is 0 Å². The van der Waals surface area contributed by atoms with E-state index in [2.05, 4.69) is 86.7 Å². The predicted octanol–water partition coefficient (Wildman–Crippen LogP) is 5.07. The third-order valence-corrected chi connectivity index (χ3v) is 7.69.